The first-order chi connectivity index (χ1) is 25.1. The third-order valence-corrected chi connectivity index (χ3v) is 8.51. The topological polar surface area (TPSA) is 118 Å². The molecule has 0 fully saturated rings. The third kappa shape index (κ3) is 9.81. The largest absolute Gasteiger partial charge is 0.460 e. The summed E-state index contributed by atoms with van der Waals surface area (Å²) in [5.74, 6) is -2.58. The van der Waals surface area contributed by atoms with Crippen molar-refractivity contribution in [1.29, 1.82) is 5.26 Å². The minimum Gasteiger partial charge on any atom is -0.460 e. The molecule has 0 aromatic heterocycles. The molecule has 2 N–H and O–H groups in total. The highest BCUT2D eigenvalue weighted by Gasteiger charge is 2.39. The first-order valence-corrected chi connectivity index (χ1v) is 17.3. The molecule has 5 aromatic carbocycles. The highest BCUT2D eigenvalue weighted by atomic mass is 16.7. The summed E-state index contributed by atoms with van der Waals surface area (Å²) in [6.07, 6.45) is -0.0442. The van der Waals surface area contributed by atoms with Crippen LogP contribution >= 0.6 is 0 Å². The summed E-state index contributed by atoms with van der Waals surface area (Å²) in [6.45, 7) is 5.56. The molecule has 1 unspecified atom stereocenters. The fourth-order valence-corrected chi connectivity index (χ4v) is 6.01. The summed E-state index contributed by atoms with van der Waals surface area (Å²) >= 11 is 0. The lowest BCUT2D eigenvalue weighted by Gasteiger charge is -2.35. The zero-order chi connectivity index (χ0) is 37.0. The van der Waals surface area contributed by atoms with E-state index in [0.717, 1.165) is 33.4 Å². The van der Waals surface area contributed by atoms with Gasteiger partial charge in [-0.3, -0.25) is 19.2 Å². The van der Waals surface area contributed by atoms with Crippen LogP contribution in [0.25, 0.3) is 11.1 Å². The van der Waals surface area contributed by atoms with Gasteiger partial charge >= 0.3 is 5.97 Å². The zero-order valence-corrected chi connectivity index (χ0v) is 29.7. The smallest absolute Gasteiger partial charge is 0.307 e. The molecular weight excluding hydrogens is 650 g/mol. The van der Waals surface area contributed by atoms with Crippen molar-refractivity contribution >= 4 is 17.8 Å². The molecule has 264 valence electrons. The van der Waals surface area contributed by atoms with Crippen LogP contribution in [0.5, 0.6) is 0 Å². The van der Waals surface area contributed by atoms with Gasteiger partial charge in [-0.15, -0.1) is 0 Å². The zero-order valence-electron chi connectivity index (χ0n) is 29.7. The van der Waals surface area contributed by atoms with Crippen molar-refractivity contribution in [2.75, 3.05) is 6.54 Å². The van der Waals surface area contributed by atoms with Gasteiger partial charge in [0, 0.05) is 13.0 Å². The maximum Gasteiger partial charge on any atom is 0.307 e. The summed E-state index contributed by atoms with van der Waals surface area (Å²) in [4.78, 5) is 46.6. The van der Waals surface area contributed by atoms with Gasteiger partial charge in [-0.2, -0.15) is 5.26 Å². The van der Waals surface area contributed by atoms with Gasteiger partial charge < -0.3 is 10.1 Å². The van der Waals surface area contributed by atoms with Gasteiger partial charge in [0.2, 0.25) is 11.8 Å². The van der Waals surface area contributed by atoms with Gasteiger partial charge in [0.05, 0.1) is 24.0 Å². The SMILES string of the molecule is CC(C)(C)OC(=O)CC(CC(=O)NOC(c1ccccc1)(c1ccccc1)c1ccccc1)C(=O)NCCc1ccc(-c2ccc(C#N)cc2)cc1. The number of hydroxylamine groups is 1. The van der Waals surface area contributed by atoms with E-state index in [9.17, 15) is 14.4 Å². The molecule has 0 aliphatic heterocycles. The predicted molar refractivity (Wildman–Crippen MR) is 200 cm³/mol. The van der Waals surface area contributed by atoms with Crippen LogP contribution < -0.4 is 10.8 Å². The van der Waals surface area contributed by atoms with Crippen LogP contribution in [0.2, 0.25) is 0 Å². The lowest BCUT2D eigenvalue weighted by Crippen LogP contribution is -2.42. The second-order valence-corrected chi connectivity index (χ2v) is 13.5. The fourth-order valence-electron chi connectivity index (χ4n) is 6.01. The number of rotatable bonds is 14. The van der Waals surface area contributed by atoms with Crippen molar-refractivity contribution in [3.63, 3.8) is 0 Å². The maximum absolute atomic E-state index is 13.7. The van der Waals surface area contributed by atoms with Crippen LogP contribution in [0.4, 0.5) is 0 Å². The molecule has 0 aliphatic rings. The molecule has 52 heavy (non-hydrogen) atoms. The monoisotopic (exact) mass is 693 g/mol. The Bertz CT molecular complexity index is 1870. The van der Waals surface area contributed by atoms with E-state index in [1.165, 1.54) is 0 Å². The van der Waals surface area contributed by atoms with E-state index in [-0.39, 0.29) is 12.8 Å². The summed E-state index contributed by atoms with van der Waals surface area (Å²) in [5.41, 5.74) is 6.68. The standard InChI is InChI=1S/C44H43N3O5/c1-43(2,3)51-41(49)30-36(42(50)46-28-27-32-19-23-34(24-20-32)35-25-21-33(31-45)22-26-35)29-40(48)47-52-44(37-13-7-4-8-14-37,38-15-9-5-10-16-38)39-17-11-6-12-18-39/h4-26,36H,27-30H2,1-3H3,(H,46,50)(H,47,48). The summed E-state index contributed by atoms with van der Waals surface area (Å²) < 4.78 is 5.52. The molecule has 5 aromatic rings. The molecule has 8 heteroatoms. The Morgan fingerprint density at radius 2 is 1.15 bits per heavy atom. The van der Waals surface area contributed by atoms with Crippen molar-refractivity contribution < 1.29 is 24.0 Å². The van der Waals surface area contributed by atoms with Gasteiger partial charge in [0.15, 0.2) is 5.60 Å². The number of ether oxygens (including phenoxy) is 1. The van der Waals surface area contributed by atoms with Crippen molar-refractivity contribution in [1.82, 2.24) is 10.8 Å². The number of hydrogen-bond donors (Lipinski definition) is 2. The van der Waals surface area contributed by atoms with E-state index in [2.05, 4.69) is 16.9 Å². The lowest BCUT2D eigenvalue weighted by molar-refractivity contribution is -0.158. The van der Waals surface area contributed by atoms with E-state index < -0.39 is 34.9 Å². The van der Waals surface area contributed by atoms with Crippen LogP contribution in [0.3, 0.4) is 0 Å². The third-order valence-electron chi connectivity index (χ3n) is 8.51. The molecule has 8 nitrogen and oxygen atoms in total. The van der Waals surface area contributed by atoms with Gasteiger partial charge in [-0.05, 0) is 72.7 Å². The normalized spacial score (nSPS) is 11.9. The molecule has 0 aliphatic carbocycles. The summed E-state index contributed by atoms with van der Waals surface area (Å²) in [7, 11) is 0. The number of benzene rings is 5. The molecule has 0 radical (unpaired) electrons. The molecule has 1 atom stereocenters. The minimum atomic E-state index is -1.21. The lowest BCUT2D eigenvalue weighted by atomic mass is 9.80. The number of nitrogens with zero attached hydrogens (tertiary/aromatic N) is 1. The number of amides is 2. The van der Waals surface area contributed by atoms with Crippen molar-refractivity contribution in [2.24, 2.45) is 5.92 Å². The fraction of sp³-hybridized carbons (Fsp3) is 0.227. The van der Waals surface area contributed by atoms with Crippen LogP contribution in [-0.4, -0.2) is 29.9 Å². The van der Waals surface area contributed by atoms with E-state index in [0.29, 0.717) is 18.5 Å². The highest BCUT2D eigenvalue weighted by molar-refractivity contribution is 5.88. The van der Waals surface area contributed by atoms with E-state index in [1.807, 2.05) is 127 Å². The van der Waals surface area contributed by atoms with Gasteiger partial charge in [-0.25, -0.2) is 5.48 Å². The van der Waals surface area contributed by atoms with Crippen LogP contribution in [0.1, 0.15) is 61.4 Å². The van der Waals surface area contributed by atoms with Crippen LogP contribution in [-0.2, 0) is 36.0 Å². The molecule has 0 spiro atoms. The number of nitrogens with one attached hydrogen (secondary N) is 2. The second-order valence-electron chi connectivity index (χ2n) is 13.5. The van der Waals surface area contributed by atoms with Gasteiger partial charge in [0.25, 0.3) is 0 Å². The number of hydrogen-bond acceptors (Lipinski definition) is 6. The quantitative estimate of drug-likeness (QED) is 0.0701. The summed E-state index contributed by atoms with van der Waals surface area (Å²) in [5, 5.41) is 12.0. The number of carbonyl (C=O) groups excluding carboxylic acids is 3. The molecule has 0 heterocycles. The number of esters is 1. The average molecular weight is 694 g/mol. The Hall–Kier alpha value is -6.04. The molecule has 2 amide bonds. The van der Waals surface area contributed by atoms with Gasteiger partial charge in [0.1, 0.15) is 5.60 Å². The summed E-state index contributed by atoms with van der Waals surface area (Å²) in [6, 6.07) is 46.3. The maximum atomic E-state index is 13.7. The Morgan fingerprint density at radius 1 is 0.673 bits per heavy atom. The van der Waals surface area contributed by atoms with Crippen LogP contribution in [0.15, 0.2) is 140 Å². The Balaban J connectivity index is 1.29. The van der Waals surface area contributed by atoms with Crippen LogP contribution in [0, 0.1) is 17.2 Å². The number of carbonyl (C=O) groups is 3. The average Bonchev–Trinajstić information content (AvgIpc) is 3.15. The van der Waals surface area contributed by atoms with E-state index in [4.69, 9.17) is 14.8 Å². The van der Waals surface area contributed by atoms with Crippen molar-refractivity contribution in [3.8, 4) is 17.2 Å². The molecular formula is C44H43N3O5. The molecule has 0 bridgehead atoms. The molecule has 0 saturated heterocycles. The first kappa shape index (κ1) is 37.2. The number of nitriles is 1. The minimum absolute atomic E-state index is 0.281. The predicted octanol–water partition coefficient (Wildman–Crippen LogP) is 7.66. The van der Waals surface area contributed by atoms with Gasteiger partial charge in [-0.1, -0.05) is 127 Å². The van der Waals surface area contributed by atoms with Crippen molar-refractivity contribution in [2.45, 2.75) is 51.2 Å². The second kappa shape index (κ2) is 17.3. The van der Waals surface area contributed by atoms with E-state index >= 15 is 0 Å². The Morgan fingerprint density at radius 3 is 1.62 bits per heavy atom. The van der Waals surface area contributed by atoms with Crippen molar-refractivity contribution in [3.05, 3.63) is 167 Å². The Kier molecular flexibility index (Phi) is 12.4. The Labute approximate surface area is 305 Å². The van der Waals surface area contributed by atoms with E-state index in [1.54, 1.807) is 32.9 Å². The first-order valence-electron chi connectivity index (χ1n) is 17.3. The molecule has 5 rings (SSSR count). The highest BCUT2D eigenvalue weighted by Crippen LogP contribution is 2.39. The molecule has 0 saturated carbocycles.